The highest BCUT2D eigenvalue weighted by atomic mass is 32.2. The average molecular weight is 553 g/mol. The van der Waals surface area contributed by atoms with Crippen LogP contribution in [0, 0.1) is 11.6 Å². The van der Waals surface area contributed by atoms with Gasteiger partial charge < -0.3 is 19.9 Å². The van der Waals surface area contributed by atoms with Crippen LogP contribution in [-0.4, -0.2) is 62.8 Å². The van der Waals surface area contributed by atoms with Crippen LogP contribution >= 0.6 is 0 Å². The quantitative estimate of drug-likeness (QED) is 0.495. The lowest BCUT2D eigenvalue weighted by Crippen LogP contribution is -2.45. The lowest BCUT2D eigenvalue weighted by Gasteiger charge is -2.39. The van der Waals surface area contributed by atoms with Crippen LogP contribution in [0.1, 0.15) is 54.5 Å². The number of ether oxygens (including phenoxy) is 2. The van der Waals surface area contributed by atoms with E-state index in [2.05, 4.69) is 5.32 Å². The summed E-state index contributed by atoms with van der Waals surface area (Å²) >= 11 is 0. The normalized spacial score (nSPS) is 23.2. The van der Waals surface area contributed by atoms with Gasteiger partial charge in [0.2, 0.25) is 15.9 Å². The Bertz CT molecular complexity index is 1220. The lowest BCUT2D eigenvalue weighted by molar-refractivity contribution is -0.146. The summed E-state index contributed by atoms with van der Waals surface area (Å²) in [4.78, 5) is 12.1. The van der Waals surface area contributed by atoms with E-state index < -0.39 is 45.0 Å². The number of benzene rings is 2. The fraction of sp³-hybridized carbons (Fsp3) is 0.519. The third-order valence-corrected chi connectivity index (χ3v) is 9.73. The van der Waals surface area contributed by atoms with Gasteiger partial charge in [0.25, 0.3) is 0 Å². The van der Waals surface area contributed by atoms with E-state index in [1.54, 1.807) is 31.2 Å². The molecule has 2 fully saturated rings. The van der Waals surface area contributed by atoms with Crippen molar-refractivity contribution in [3.05, 3.63) is 70.8 Å². The average Bonchev–Trinajstić information content (AvgIpc) is 2.91. The molecule has 0 saturated carbocycles. The monoisotopic (exact) mass is 552 g/mol. The minimum absolute atomic E-state index is 0.0336. The Kier molecular flexibility index (Phi) is 9.15. The molecule has 0 bridgehead atoms. The number of sulfonamides is 1. The molecule has 2 atom stereocenters. The summed E-state index contributed by atoms with van der Waals surface area (Å²) in [5.74, 6) is -1.97. The molecular weight excluding hydrogens is 518 g/mol. The smallest absolute Gasteiger partial charge is 0.246 e. The number of hydrogen-bond donors (Lipinski definition) is 2. The third-order valence-electron chi connectivity index (χ3n) is 7.36. The number of nitrogens with one attached hydrogen (secondary N) is 1. The summed E-state index contributed by atoms with van der Waals surface area (Å²) < 4.78 is 70.7. The van der Waals surface area contributed by atoms with Crippen LogP contribution in [-0.2, 0) is 36.4 Å². The molecule has 2 aromatic rings. The minimum atomic E-state index is -3.82. The first kappa shape index (κ1) is 28.6. The molecule has 2 unspecified atom stereocenters. The molecule has 1 amide bonds. The predicted octanol–water partition coefficient (Wildman–Crippen LogP) is 3.15. The van der Waals surface area contributed by atoms with Crippen LogP contribution in [0.3, 0.4) is 0 Å². The van der Waals surface area contributed by atoms with Gasteiger partial charge in [-0.25, -0.2) is 17.2 Å². The van der Waals surface area contributed by atoms with Gasteiger partial charge in [-0.1, -0.05) is 30.3 Å². The first-order valence-electron chi connectivity index (χ1n) is 12.8. The van der Waals surface area contributed by atoms with Crippen LogP contribution in [0.5, 0.6) is 0 Å². The Hall–Kier alpha value is -2.44. The molecule has 0 aliphatic carbocycles. The lowest BCUT2D eigenvalue weighted by atomic mass is 9.85. The Balaban J connectivity index is 1.60. The Morgan fingerprint density at radius 1 is 1.16 bits per heavy atom. The van der Waals surface area contributed by atoms with Crippen molar-refractivity contribution in [2.24, 2.45) is 0 Å². The van der Waals surface area contributed by atoms with Gasteiger partial charge >= 0.3 is 0 Å². The number of amides is 1. The fourth-order valence-corrected chi connectivity index (χ4v) is 7.41. The standard InChI is InChI=1S/C27H34F2N2O6S/c1-19-7-8-25(20-5-3-2-4-6-20)38(34,35)31(19)17-21-15-24(29)22(16-23(21)28)27(9-13-36-14-10-27)37-18-26(33)30-11-12-32/h2-6,15-16,19,25,32H,7-14,17-18H2,1H3,(H,30,33). The number of halogens is 2. The Morgan fingerprint density at radius 2 is 1.87 bits per heavy atom. The van der Waals surface area contributed by atoms with Crippen molar-refractivity contribution in [1.29, 1.82) is 0 Å². The highest BCUT2D eigenvalue weighted by Gasteiger charge is 2.42. The molecule has 0 spiro atoms. The van der Waals surface area contributed by atoms with Crippen molar-refractivity contribution < 1.29 is 36.6 Å². The molecule has 0 aromatic heterocycles. The summed E-state index contributed by atoms with van der Waals surface area (Å²) in [7, 11) is -3.82. The molecule has 208 valence electrons. The minimum Gasteiger partial charge on any atom is -0.395 e. The zero-order valence-electron chi connectivity index (χ0n) is 21.4. The number of aliphatic hydroxyl groups is 1. The van der Waals surface area contributed by atoms with Crippen LogP contribution in [0.15, 0.2) is 42.5 Å². The van der Waals surface area contributed by atoms with Gasteiger partial charge in [-0.15, -0.1) is 0 Å². The highest BCUT2D eigenvalue weighted by Crippen LogP contribution is 2.41. The summed E-state index contributed by atoms with van der Waals surface area (Å²) in [5.41, 5.74) is -0.707. The molecule has 0 radical (unpaired) electrons. The van der Waals surface area contributed by atoms with Crippen LogP contribution in [0.2, 0.25) is 0 Å². The van der Waals surface area contributed by atoms with E-state index in [0.29, 0.717) is 18.4 Å². The second-order valence-corrected chi connectivity index (χ2v) is 11.9. The van der Waals surface area contributed by atoms with Crippen molar-refractivity contribution in [1.82, 2.24) is 9.62 Å². The van der Waals surface area contributed by atoms with E-state index in [4.69, 9.17) is 14.6 Å². The predicted molar refractivity (Wildman–Crippen MR) is 136 cm³/mol. The first-order valence-corrected chi connectivity index (χ1v) is 14.3. The second-order valence-electron chi connectivity index (χ2n) is 9.81. The van der Waals surface area contributed by atoms with Gasteiger partial charge in [-0.05, 0) is 37.5 Å². The molecule has 2 aromatic carbocycles. The fourth-order valence-electron chi connectivity index (χ4n) is 5.22. The summed E-state index contributed by atoms with van der Waals surface area (Å²) in [6.45, 7) is 1.39. The molecule has 2 aliphatic heterocycles. The third kappa shape index (κ3) is 6.07. The maximum absolute atomic E-state index is 15.6. The van der Waals surface area contributed by atoms with E-state index in [0.717, 1.165) is 12.1 Å². The van der Waals surface area contributed by atoms with Gasteiger partial charge in [0.15, 0.2) is 0 Å². The maximum atomic E-state index is 15.6. The van der Waals surface area contributed by atoms with Gasteiger partial charge in [0, 0.05) is 56.3 Å². The van der Waals surface area contributed by atoms with E-state index in [1.807, 2.05) is 6.07 Å². The maximum Gasteiger partial charge on any atom is 0.246 e. The molecule has 4 rings (SSSR count). The molecule has 11 heteroatoms. The van der Waals surface area contributed by atoms with Crippen molar-refractivity contribution in [3.8, 4) is 0 Å². The van der Waals surface area contributed by atoms with Crippen LogP contribution in [0.25, 0.3) is 0 Å². The van der Waals surface area contributed by atoms with E-state index in [9.17, 15) is 13.2 Å². The number of carbonyl (C=O) groups excluding carboxylic acids is 1. The number of carbonyl (C=O) groups is 1. The number of hydrogen-bond acceptors (Lipinski definition) is 6. The summed E-state index contributed by atoms with van der Waals surface area (Å²) in [6.07, 6.45) is 1.47. The Morgan fingerprint density at radius 3 is 2.55 bits per heavy atom. The van der Waals surface area contributed by atoms with Crippen molar-refractivity contribution >= 4 is 15.9 Å². The summed E-state index contributed by atoms with van der Waals surface area (Å²) in [5, 5.41) is 10.6. The largest absolute Gasteiger partial charge is 0.395 e. The van der Waals surface area contributed by atoms with Crippen LogP contribution in [0.4, 0.5) is 8.78 Å². The van der Waals surface area contributed by atoms with E-state index in [1.165, 1.54) is 4.31 Å². The second kappa shape index (κ2) is 12.2. The highest BCUT2D eigenvalue weighted by molar-refractivity contribution is 7.89. The Labute approximate surface area is 222 Å². The zero-order chi connectivity index (χ0) is 27.3. The van der Waals surface area contributed by atoms with Crippen molar-refractivity contribution in [3.63, 3.8) is 0 Å². The molecule has 38 heavy (non-hydrogen) atoms. The van der Waals surface area contributed by atoms with Gasteiger partial charge in [0.05, 0.1) is 6.61 Å². The molecule has 2 aliphatic rings. The van der Waals surface area contributed by atoms with Gasteiger partial charge in [-0.2, -0.15) is 4.31 Å². The molecular formula is C27H34F2N2O6S. The number of aliphatic hydroxyl groups excluding tert-OH is 1. The topological polar surface area (TPSA) is 105 Å². The number of nitrogens with zero attached hydrogens (tertiary/aromatic N) is 1. The molecule has 2 N–H and O–H groups in total. The zero-order valence-corrected chi connectivity index (χ0v) is 22.2. The SMILES string of the molecule is CC1CCC(c2ccccc2)S(=O)(=O)N1Cc1cc(F)c(C2(OCC(=O)NCCO)CCOCC2)cc1F. The van der Waals surface area contributed by atoms with Crippen molar-refractivity contribution in [2.45, 2.75) is 56.0 Å². The van der Waals surface area contributed by atoms with Crippen LogP contribution < -0.4 is 5.32 Å². The van der Waals surface area contributed by atoms with E-state index in [-0.39, 0.29) is 62.9 Å². The molecule has 2 saturated heterocycles. The summed E-state index contributed by atoms with van der Waals surface area (Å²) in [6, 6.07) is 10.6. The molecule has 2 heterocycles. The number of rotatable bonds is 9. The van der Waals surface area contributed by atoms with Gasteiger partial charge in [0.1, 0.15) is 29.1 Å². The van der Waals surface area contributed by atoms with Crippen molar-refractivity contribution in [2.75, 3.05) is 33.0 Å². The van der Waals surface area contributed by atoms with E-state index >= 15 is 8.78 Å². The van der Waals surface area contributed by atoms with Gasteiger partial charge in [-0.3, -0.25) is 4.79 Å². The molecule has 8 nitrogen and oxygen atoms in total. The first-order chi connectivity index (χ1) is 18.2.